The minimum atomic E-state index is 1.09. The highest BCUT2D eigenvalue weighted by Gasteiger charge is 2.25. The number of fused-ring (bicyclic) bond motifs is 9. The minimum absolute atomic E-state index is 1.09. The maximum Gasteiger partial charge on any atom is 0.0788 e. The second-order valence-corrected chi connectivity index (χ2v) is 15.6. The first kappa shape index (κ1) is 34.1. The minimum Gasteiger partial charge on any atom is -0.308 e. The van der Waals surface area contributed by atoms with Gasteiger partial charge in [-0.3, -0.25) is 0 Å². The molecular weight excluding hydrogens is 725 g/mol. The van der Waals surface area contributed by atoms with Gasteiger partial charge in [0.15, 0.2) is 0 Å². The van der Waals surface area contributed by atoms with E-state index in [-0.39, 0.29) is 0 Å². The van der Waals surface area contributed by atoms with E-state index >= 15 is 0 Å². The molecule has 12 aromatic rings. The molecule has 0 amide bonds. The lowest BCUT2D eigenvalue weighted by atomic mass is 9.91. The SMILES string of the molecule is c1ccc(-c2cccc3cccc(-c4ccc(N(c5cc6ccccc6c6ccccc56)c5cc6ccccc6c6c7ccccc7n(-c7ccccc7)c56)cc4)c23)cc1. The Kier molecular flexibility index (Phi) is 7.89. The number of aromatic nitrogens is 1. The van der Waals surface area contributed by atoms with E-state index in [4.69, 9.17) is 0 Å². The molecular formula is C58H38N2. The van der Waals surface area contributed by atoms with Crippen LogP contribution in [0, 0.1) is 0 Å². The molecule has 11 aromatic carbocycles. The van der Waals surface area contributed by atoms with Gasteiger partial charge >= 0.3 is 0 Å². The zero-order chi connectivity index (χ0) is 39.6. The number of nitrogens with zero attached hydrogens (tertiary/aromatic N) is 2. The average molecular weight is 763 g/mol. The molecule has 280 valence electrons. The first-order chi connectivity index (χ1) is 29.8. The maximum absolute atomic E-state index is 2.52. The summed E-state index contributed by atoms with van der Waals surface area (Å²) in [5.74, 6) is 0. The number of hydrogen-bond acceptors (Lipinski definition) is 1. The zero-order valence-electron chi connectivity index (χ0n) is 32.8. The highest BCUT2D eigenvalue weighted by molar-refractivity contribution is 6.26. The van der Waals surface area contributed by atoms with Gasteiger partial charge in [-0.2, -0.15) is 0 Å². The third kappa shape index (κ3) is 5.35. The van der Waals surface area contributed by atoms with Gasteiger partial charge in [-0.05, 0) is 102 Å². The van der Waals surface area contributed by atoms with Crippen LogP contribution in [-0.2, 0) is 0 Å². The third-order valence-electron chi connectivity index (χ3n) is 12.3. The normalized spacial score (nSPS) is 11.7. The molecule has 0 spiro atoms. The molecule has 1 heterocycles. The highest BCUT2D eigenvalue weighted by atomic mass is 15.2. The molecule has 0 aliphatic rings. The van der Waals surface area contributed by atoms with E-state index in [1.165, 1.54) is 87.1 Å². The largest absolute Gasteiger partial charge is 0.308 e. The Balaban J connectivity index is 1.18. The van der Waals surface area contributed by atoms with E-state index in [1.807, 2.05) is 0 Å². The van der Waals surface area contributed by atoms with Crippen LogP contribution in [-0.4, -0.2) is 4.57 Å². The lowest BCUT2D eigenvalue weighted by molar-refractivity contribution is 1.17. The molecule has 60 heavy (non-hydrogen) atoms. The molecule has 0 atom stereocenters. The van der Waals surface area contributed by atoms with Gasteiger partial charge in [0, 0.05) is 27.5 Å². The summed E-state index contributed by atoms with van der Waals surface area (Å²) >= 11 is 0. The van der Waals surface area contributed by atoms with Crippen LogP contribution in [0.4, 0.5) is 17.1 Å². The van der Waals surface area contributed by atoms with Crippen molar-refractivity contribution in [2.75, 3.05) is 4.90 Å². The van der Waals surface area contributed by atoms with Crippen LogP contribution >= 0.6 is 0 Å². The van der Waals surface area contributed by atoms with Gasteiger partial charge in [0.2, 0.25) is 0 Å². The van der Waals surface area contributed by atoms with Crippen LogP contribution in [0.25, 0.3) is 92.8 Å². The molecule has 0 aliphatic heterocycles. The average Bonchev–Trinajstić information content (AvgIpc) is 3.68. The van der Waals surface area contributed by atoms with Crippen LogP contribution in [0.5, 0.6) is 0 Å². The summed E-state index contributed by atoms with van der Waals surface area (Å²) in [6, 6.07) is 84.4. The lowest BCUT2D eigenvalue weighted by Crippen LogP contribution is -2.12. The van der Waals surface area contributed by atoms with Crippen molar-refractivity contribution in [1.29, 1.82) is 0 Å². The Morgan fingerprint density at radius 3 is 1.55 bits per heavy atom. The topological polar surface area (TPSA) is 8.17 Å². The van der Waals surface area contributed by atoms with Crippen molar-refractivity contribution in [3.05, 3.63) is 231 Å². The van der Waals surface area contributed by atoms with Crippen LogP contribution in [0.2, 0.25) is 0 Å². The molecule has 0 saturated heterocycles. The van der Waals surface area contributed by atoms with E-state index < -0.39 is 0 Å². The van der Waals surface area contributed by atoms with Crippen molar-refractivity contribution in [3.63, 3.8) is 0 Å². The fourth-order valence-corrected chi connectivity index (χ4v) is 9.69. The molecule has 0 N–H and O–H groups in total. The highest BCUT2D eigenvalue weighted by Crippen LogP contribution is 2.49. The zero-order valence-corrected chi connectivity index (χ0v) is 32.8. The fraction of sp³-hybridized carbons (Fsp3) is 0. The molecule has 2 heteroatoms. The van der Waals surface area contributed by atoms with Crippen molar-refractivity contribution < 1.29 is 0 Å². The molecule has 0 fully saturated rings. The quantitative estimate of drug-likeness (QED) is 0.153. The molecule has 0 aliphatic carbocycles. The summed E-state index contributed by atoms with van der Waals surface area (Å²) in [4.78, 5) is 2.52. The van der Waals surface area contributed by atoms with Gasteiger partial charge in [-0.1, -0.05) is 188 Å². The number of benzene rings is 11. The number of anilines is 3. The van der Waals surface area contributed by atoms with E-state index in [9.17, 15) is 0 Å². The van der Waals surface area contributed by atoms with Crippen molar-refractivity contribution in [1.82, 2.24) is 4.57 Å². The fourth-order valence-electron chi connectivity index (χ4n) is 9.69. The summed E-state index contributed by atoms with van der Waals surface area (Å²) in [7, 11) is 0. The maximum atomic E-state index is 2.52. The van der Waals surface area contributed by atoms with Gasteiger partial charge in [-0.25, -0.2) is 0 Å². The van der Waals surface area contributed by atoms with Gasteiger partial charge in [0.25, 0.3) is 0 Å². The second-order valence-electron chi connectivity index (χ2n) is 15.6. The Morgan fingerprint density at radius 1 is 0.317 bits per heavy atom. The predicted octanol–water partition coefficient (Wildman–Crippen LogP) is 16.2. The van der Waals surface area contributed by atoms with E-state index in [1.54, 1.807) is 0 Å². The van der Waals surface area contributed by atoms with Crippen LogP contribution < -0.4 is 4.90 Å². The summed E-state index contributed by atoms with van der Waals surface area (Å²) in [6.07, 6.45) is 0. The monoisotopic (exact) mass is 762 g/mol. The summed E-state index contributed by atoms with van der Waals surface area (Å²) < 4.78 is 2.47. The molecule has 1 aromatic heterocycles. The smallest absolute Gasteiger partial charge is 0.0788 e. The first-order valence-electron chi connectivity index (χ1n) is 20.7. The number of hydrogen-bond donors (Lipinski definition) is 0. The van der Waals surface area contributed by atoms with Crippen molar-refractivity contribution in [2.45, 2.75) is 0 Å². The number of rotatable bonds is 6. The van der Waals surface area contributed by atoms with E-state index in [2.05, 4.69) is 240 Å². The Morgan fingerprint density at radius 2 is 0.833 bits per heavy atom. The Bertz CT molecular complexity index is 3580. The third-order valence-corrected chi connectivity index (χ3v) is 12.3. The second kappa shape index (κ2) is 13.9. The van der Waals surface area contributed by atoms with Crippen LogP contribution in [0.3, 0.4) is 0 Å². The van der Waals surface area contributed by atoms with Crippen molar-refractivity contribution >= 4 is 82.0 Å². The summed E-state index contributed by atoms with van der Waals surface area (Å²) in [5, 5.41) is 12.3. The lowest BCUT2D eigenvalue weighted by Gasteiger charge is -2.29. The Labute approximate surface area is 348 Å². The van der Waals surface area contributed by atoms with Gasteiger partial charge in [0.05, 0.1) is 22.4 Å². The van der Waals surface area contributed by atoms with Crippen LogP contribution in [0.1, 0.15) is 0 Å². The molecule has 2 nitrogen and oxygen atoms in total. The molecule has 0 saturated carbocycles. The molecule has 0 bridgehead atoms. The van der Waals surface area contributed by atoms with Gasteiger partial charge < -0.3 is 9.47 Å². The number of para-hydroxylation sites is 2. The van der Waals surface area contributed by atoms with Gasteiger partial charge in [0.1, 0.15) is 0 Å². The first-order valence-corrected chi connectivity index (χ1v) is 20.7. The summed E-state index contributed by atoms with van der Waals surface area (Å²) in [6.45, 7) is 0. The molecule has 0 radical (unpaired) electrons. The standard InChI is InChI=1S/C58H38N2/c1-3-17-39(18-4-1)47-30-15-21-41-22-16-31-48(56(41)47)40-33-35-45(36-34-40)59(54-37-42-19-7-9-25-46(42)50-27-11-12-28-51(50)54)55-38-43-20-8-10-26-49(43)57-52-29-13-14-32-53(52)60(58(55)57)44-23-5-2-6-24-44/h1-38H. The van der Waals surface area contributed by atoms with Crippen molar-refractivity contribution in [3.8, 4) is 27.9 Å². The predicted molar refractivity (Wildman–Crippen MR) is 256 cm³/mol. The summed E-state index contributed by atoms with van der Waals surface area (Å²) in [5.41, 5.74) is 11.7. The Hall–Kier alpha value is -7.94. The van der Waals surface area contributed by atoms with E-state index in [0.29, 0.717) is 0 Å². The van der Waals surface area contributed by atoms with Crippen LogP contribution in [0.15, 0.2) is 231 Å². The van der Waals surface area contributed by atoms with Gasteiger partial charge in [-0.15, -0.1) is 0 Å². The molecule has 0 unspecified atom stereocenters. The van der Waals surface area contributed by atoms with E-state index in [0.717, 1.165) is 22.7 Å². The molecule has 12 rings (SSSR count). The van der Waals surface area contributed by atoms with Crippen molar-refractivity contribution in [2.24, 2.45) is 0 Å².